The van der Waals surface area contributed by atoms with Gasteiger partial charge in [-0.25, -0.2) is 4.79 Å². The lowest BCUT2D eigenvalue weighted by Gasteiger charge is -2.24. The number of aromatic carboxylic acids is 1. The van der Waals surface area contributed by atoms with Gasteiger partial charge in [0.05, 0.1) is 6.54 Å². The number of carboxylic acids is 1. The van der Waals surface area contributed by atoms with E-state index in [9.17, 15) is 4.79 Å². The molecule has 0 radical (unpaired) electrons. The average Bonchev–Trinajstić information content (AvgIpc) is 2.68. The summed E-state index contributed by atoms with van der Waals surface area (Å²) in [5.41, 5.74) is 0.364. The molecule has 2 N–H and O–H groups in total. The van der Waals surface area contributed by atoms with Gasteiger partial charge in [0.25, 0.3) is 0 Å². The molecule has 0 bridgehead atoms. The number of hydrogen-bond donors (Lipinski definition) is 2. The highest BCUT2D eigenvalue weighted by atomic mass is 16.5. The molecule has 0 saturated carbocycles. The van der Waals surface area contributed by atoms with Crippen LogP contribution in [0.5, 0.6) is 0 Å². The molecule has 0 aliphatic rings. The van der Waals surface area contributed by atoms with Crippen molar-refractivity contribution < 1.29 is 19.1 Å². The molecule has 1 aromatic heterocycles. The first-order chi connectivity index (χ1) is 8.85. The molecular formula is C14H23NO4. The first-order valence-corrected chi connectivity index (χ1v) is 6.38. The van der Waals surface area contributed by atoms with Crippen LogP contribution in [-0.4, -0.2) is 31.3 Å². The predicted octanol–water partition coefficient (Wildman–Crippen LogP) is 2.44. The maximum atomic E-state index is 10.9. The third-order valence-corrected chi connectivity index (χ3v) is 3.08. The number of aryl methyl sites for hydroxylation is 1. The third kappa shape index (κ3) is 5.04. The van der Waals surface area contributed by atoms with Gasteiger partial charge >= 0.3 is 5.97 Å². The standard InChI is InChI=1S/C14H23NO4/c1-10-12(13(16)17)7-11(19-10)8-15-9-14(2,3)5-6-18-4/h7,15H,5-6,8-9H2,1-4H3,(H,16,17). The fourth-order valence-electron chi connectivity index (χ4n) is 1.83. The van der Waals surface area contributed by atoms with Crippen molar-refractivity contribution in [1.82, 2.24) is 5.32 Å². The highest BCUT2D eigenvalue weighted by Crippen LogP contribution is 2.19. The number of carbonyl (C=O) groups is 1. The molecule has 108 valence electrons. The fraction of sp³-hybridized carbons (Fsp3) is 0.643. The van der Waals surface area contributed by atoms with Crippen LogP contribution in [0.2, 0.25) is 0 Å². The maximum absolute atomic E-state index is 10.9. The maximum Gasteiger partial charge on any atom is 0.339 e. The molecular weight excluding hydrogens is 246 g/mol. The van der Waals surface area contributed by atoms with Gasteiger partial charge in [-0.3, -0.25) is 0 Å². The molecule has 0 fully saturated rings. The minimum atomic E-state index is -0.951. The normalized spacial score (nSPS) is 11.8. The van der Waals surface area contributed by atoms with E-state index in [2.05, 4.69) is 19.2 Å². The van der Waals surface area contributed by atoms with Crippen molar-refractivity contribution in [2.24, 2.45) is 5.41 Å². The zero-order chi connectivity index (χ0) is 14.5. The molecule has 19 heavy (non-hydrogen) atoms. The Balaban J connectivity index is 2.45. The van der Waals surface area contributed by atoms with Gasteiger partial charge in [0.15, 0.2) is 0 Å². The van der Waals surface area contributed by atoms with Crippen LogP contribution in [0.3, 0.4) is 0 Å². The summed E-state index contributed by atoms with van der Waals surface area (Å²) in [5.74, 6) is 0.147. The summed E-state index contributed by atoms with van der Waals surface area (Å²) in [6.07, 6.45) is 0.966. The first-order valence-electron chi connectivity index (χ1n) is 6.38. The smallest absolute Gasteiger partial charge is 0.339 e. The van der Waals surface area contributed by atoms with E-state index >= 15 is 0 Å². The Morgan fingerprint density at radius 1 is 1.53 bits per heavy atom. The quantitative estimate of drug-likeness (QED) is 0.758. The van der Waals surface area contributed by atoms with Crippen molar-refractivity contribution in [3.63, 3.8) is 0 Å². The molecule has 1 heterocycles. The van der Waals surface area contributed by atoms with Crippen LogP contribution in [0.4, 0.5) is 0 Å². The Kier molecular flexibility index (Phi) is 5.57. The number of nitrogens with one attached hydrogen (secondary N) is 1. The van der Waals surface area contributed by atoms with E-state index in [-0.39, 0.29) is 11.0 Å². The molecule has 0 saturated heterocycles. The molecule has 0 atom stereocenters. The Bertz CT molecular complexity index is 423. The van der Waals surface area contributed by atoms with Gasteiger partial charge in [0, 0.05) is 20.3 Å². The third-order valence-electron chi connectivity index (χ3n) is 3.08. The summed E-state index contributed by atoms with van der Waals surface area (Å²) in [6.45, 7) is 8.07. The second-order valence-corrected chi connectivity index (χ2v) is 5.50. The largest absolute Gasteiger partial charge is 0.478 e. The molecule has 1 aromatic rings. The van der Waals surface area contributed by atoms with Crippen LogP contribution in [0.15, 0.2) is 10.5 Å². The second-order valence-electron chi connectivity index (χ2n) is 5.50. The molecule has 0 unspecified atom stereocenters. The summed E-state index contributed by atoms with van der Waals surface area (Å²) in [6, 6.07) is 1.58. The van der Waals surface area contributed by atoms with Crippen LogP contribution in [0.1, 0.15) is 42.1 Å². The van der Waals surface area contributed by atoms with E-state index in [4.69, 9.17) is 14.3 Å². The van der Waals surface area contributed by atoms with Gasteiger partial charge < -0.3 is 19.6 Å². The highest BCUT2D eigenvalue weighted by Gasteiger charge is 2.18. The molecule has 0 spiro atoms. The van der Waals surface area contributed by atoms with E-state index in [0.29, 0.717) is 18.1 Å². The summed E-state index contributed by atoms with van der Waals surface area (Å²) in [7, 11) is 1.70. The van der Waals surface area contributed by atoms with Crippen molar-refractivity contribution in [3.8, 4) is 0 Å². The lowest BCUT2D eigenvalue weighted by atomic mass is 9.90. The number of methoxy groups -OCH3 is 1. The molecule has 5 nitrogen and oxygen atoms in total. The predicted molar refractivity (Wildman–Crippen MR) is 72.4 cm³/mol. The number of carboxylic acid groups (broad SMARTS) is 1. The summed E-state index contributed by atoms with van der Waals surface area (Å²) < 4.78 is 10.5. The van der Waals surface area contributed by atoms with Crippen LogP contribution < -0.4 is 5.32 Å². The Morgan fingerprint density at radius 3 is 2.74 bits per heavy atom. The SMILES string of the molecule is COCCC(C)(C)CNCc1cc(C(=O)O)c(C)o1. The van der Waals surface area contributed by atoms with Crippen LogP contribution in [0.25, 0.3) is 0 Å². The van der Waals surface area contributed by atoms with Gasteiger partial charge in [-0.1, -0.05) is 13.8 Å². The van der Waals surface area contributed by atoms with Crippen LogP contribution >= 0.6 is 0 Å². The van der Waals surface area contributed by atoms with Crippen molar-refractivity contribution in [3.05, 3.63) is 23.2 Å². The van der Waals surface area contributed by atoms with Gasteiger partial charge in [-0.15, -0.1) is 0 Å². The van der Waals surface area contributed by atoms with Crippen molar-refractivity contribution in [2.45, 2.75) is 33.7 Å². The average molecular weight is 269 g/mol. The molecule has 0 aromatic carbocycles. The molecule has 0 aliphatic carbocycles. The monoisotopic (exact) mass is 269 g/mol. The van der Waals surface area contributed by atoms with E-state index in [1.807, 2.05) is 0 Å². The Labute approximate surface area is 113 Å². The Hall–Kier alpha value is -1.33. The minimum Gasteiger partial charge on any atom is -0.478 e. The first kappa shape index (κ1) is 15.7. The van der Waals surface area contributed by atoms with Gasteiger partial charge in [0.2, 0.25) is 0 Å². The lowest BCUT2D eigenvalue weighted by molar-refractivity contribution is 0.0695. The lowest BCUT2D eigenvalue weighted by Crippen LogP contribution is -2.30. The number of rotatable bonds is 8. The second kappa shape index (κ2) is 6.73. The van der Waals surface area contributed by atoms with Crippen molar-refractivity contribution in [2.75, 3.05) is 20.3 Å². The number of ether oxygens (including phenoxy) is 1. The number of furan rings is 1. The number of hydrogen-bond acceptors (Lipinski definition) is 4. The van der Waals surface area contributed by atoms with Crippen LogP contribution in [-0.2, 0) is 11.3 Å². The highest BCUT2D eigenvalue weighted by molar-refractivity contribution is 5.88. The van der Waals surface area contributed by atoms with Crippen molar-refractivity contribution >= 4 is 5.97 Å². The van der Waals surface area contributed by atoms with E-state index in [1.165, 1.54) is 0 Å². The zero-order valence-corrected chi connectivity index (χ0v) is 12.1. The van der Waals surface area contributed by atoms with E-state index in [1.54, 1.807) is 20.1 Å². The van der Waals surface area contributed by atoms with Crippen molar-refractivity contribution in [1.29, 1.82) is 0 Å². The molecule has 5 heteroatoms. The van der Waals surface area contributed by atoms with Crippen LogP contribution in [0, 0.1) is 12.3 Å². The molecule has 0 aliphatic heterocycles. The summed E-state index contributed by atoms with van der Waals surface area (Å²) in [5, 5.41) is 12.2. The van der Waals surface area contributed by atoms with Gasteiger partial charge in [-0.05, 0) is 24.8 Å². The van der Waals surface area contributed by atoms with E-state index < -0.39 is 5.97 Å². The minimum absolute atomic E-state index is 0.132. The topological polar surface area (TPSA) is 71.7 Å². The Morgan fingerprint density at radius 2 is 2.21 bits per heavy atom. The molecule has 0 amide bonds. The summed E-state index contributed by atoms with van der Waals surface area (Å²) >= 11 is 0. The zero-order valence-electron chi connectivity index (χ0n) is 12.1. The molecule has 1 rings (SSSR count). The van der Waals surface area contributed by atoms with Gasteiger partial charge in [0.1, 0.15) is 17.1 Å². The fourth-order valence-corrected chi connectivity index (χ4v) is 1.83. The van der Waals surface area contributed by atoms with E-state index in [0.717, 1.165) is 19.6 Å². The van der Waals surface area contributed by atoms with Gasteiger partial charge in [-0.2, -0.15) is 0 Å². The summed E-state index contributed by atoms with van der Waals surface area (Å²) in [4.78, 5) is 10.9.